The predicted octanol–water partition coefficient (Wildman–Crippen LogP) is 1.36. The molecule has 2 heterocycles. The number of aromatic nitrogens is 1. The number of aldehydes is 1. The molecule has 0 atom stereocenters. The molecule has 0 saturated carbocycles. The van der Waals surface area contributed by atoms with Crippen LogP contribution in [0.4, 0.5) is 5.82 Å². The van der Waals surface area contributed by atoms with Gasteiger partial charge in [0.2, 0.25) is 0 Å². The molecule has 0 unspecified atom stereocenters. The summed E-state index contributed by atoms with van der Waals surface area (Å²) in [5, 5.41) is 0. The Balaban J connectivity index is 2.17. The second kappa shape index (κ2) is 3.62. The van der Waals surface area contributed by atoms with E-state index in [1.54, 1.807) is 12.3 Å². The molecule has 0 aliphatic carbocycles. The first-order valence-electron chi connectivity index (χ1n) is 4.63. The van der Waals surface area contributed by atoms with Crippen molar-refractivity contribution in [1.82, 2.24) is 4.98 Å². The summed E-state index contributed by atoms with van der Waals surface area (Å²) in [6.45, 7) is 5.29. The molecule has 72 valence electrons. The van der Waals surface area contributed by atoms with Gasteiger partial charge in [-0.2, -0.15) is 0 Å². The van der Waals surface area contributed by atoms with E-state index >= 15 is 0 Å². The van der Waals surface area contributed by atoms with Crippen LogP contribution in [0.3, 0.4) is 0 Å². The van der Waals surface area contributed by atoms with Gasteiger partial charge in [-0.1, -0.05) is 12.7 Å². The SMILES string of the molecule is C=Cc1cccnc1N1CC(C=O)C1. The van der Waals surface area contributed by atoms with Gasteiger partial charge in [0.1, 0.15) is 12.1 Å². The maximum atomic E-state index is 10.5. The highest BCUT2D eigenvalue weighted by Crippen LogP contribution is 2.25. The number of carbonyl (C=O) groups excluding carboxylic acids is 1. The second-order valence-corrected chi connectivity index (χ2v) is 3.42. The normalized spacial score (nSPS) is 16.1. The summed E-state index contributed by atoms with van der Waals surface area (Å²) in [6, 6.07) is 3.86. The molecule has 0 amide bonds. The van der Waals surface area contributed by atoms with Crippen LogP contribution in [0.25, 0.3) is 6.08 Å². The molecule has 3 nitrogen and oxygen atoms in total. The lowest BCUT2D eigenvalue weighted by molar-refractivity contribution is -0.111. The average Bonchev–Trinajstić information content (AvgIpc) is 2.17. The van der Waals surface area contributed by atoms with Crippen molar-refractivity contribution in [2.45, 2.75) is 0 Å². The van der Waals surface area contributed by atoms with E-state index in [2.05, 4.69) is 16.5 Å². The van der Waals surface area contributed by atoms with Crippen molar-refractivity contribution >= 4 is 18.2 Å². The lowest BCUT2D eigenvalue weighted by Crippen LogP contribution is -2.48. The number of pyridine rings is 1. The van der Waals surface area contributed by atoms with Crippen molar-refractivity contribution in [2.24, 2.45) is 5.92 Å². The highest BCUT2D eigenvalue weighted by molar-refractivity contribution is 5.67. The van der Waals surface area contributed by atoms with E-state index in [-0.39, 0.29) is 5.92 Å². The summed E-state index contributed by atoms with van der Waals surface area (Å²) in [7, 11) is 0. The van der Waals surface area contributed by atoms with Gasteiger partial charge in [0, 0.05) is 30.8 Å². The summed E-state index contributed by atoms with van der Waals surface area (Å²) >= 11 is 0. The quantitative estimate of drug-likeness (QED) is 0.671. The smallest absolute Gasteiger partial charge is 0.135 e. The van der Waals surface area contributed by atoms with Crippen molar-refractivity contribution in [2.75, 3.05) is 18.0 Å². The highest BCUT2D eigenvalue weighted by atomic mass is 16.1. The van der Waals surface area contributed by atoms with Gasteiger partial charge in [-0.25, -0.2) is 4.98 Å². The van der Waals surface area contributed by atoms with Crippen LogP contribution in [0.5, 0.6) is 0 Å². The molecule has 1 saturated heterocycles. The third-order valence-electron chi connectivity index (χ3n) is 2.44. The summed E-state index contributed by atoms with van der Waals surface area (Å²) in [5.74, 6) is 1.11. The summed E-state index contributed by atoms with van der Waals surface area (Å²) in [4.78, 5) is 16.8. The zero-order chi connectivity index (χ0) is 9.97. The lowest BCUT2D eigenvalue weighted by Gasteiger charge is -2.37. The highest BCUT2D eigenvalue weighted by Gasteiger charge is 2.27. The van der Waals surface area contributed by atoms with Gasteiger partial charge >= 0.3 is 0 Å². The van der Waals surface area contributed by atoms with Gasteiger partial charge < -0.3 is 9.69 Å². The molecule has 1 aromatic heterocycles. The molecule has 3 heteroatoms. The van der Waals surface area contributed by atoms with E-state index in [0.29, 0.717) is 0 Å². The zero-order valence-electron chi connectivity index (χ0n) is 7.89. The standard InChI is InChI=1S/C11H12N2O/c1-2-10-4-3-5-12-11(10)13-6-9(7-13)8-14/h2-5,8-9H,1,6-7H2. The lowest BCUT2D eigenvalue weighted by atomic mass is 10.0. The minimum absolute atomic E-state index is 0.176. The van der Waals surface area contributed by atoms with Gasteiger partial charge in [0.05, 0.1) is 0 Å². The molecule has 2 rings (SSSR count). The van der Waals surface area contributed by atoms with Crippen LogP contribution in [0.15, 0.2) is 24.9 Å². The number of rotatable bonds is 3. The number of nitrogens with zero attached hydrogens (tertiary/aromatic N) is 2. The van der Waals surface area contributed by atoms with Gasteiger partial charge in [0.15, 0.2) is 0 Å². The van der Waals surface area contributed by atoms with E-state index in [9.17, 15) is 4.79 Å². The predicted molar refractivity (Wildman–Crippen MR) is 56.1 cm³/mol. The van der Waals surface area contributed by atoms with Gasteiger partial charge in [-0.05, 0) is 12.1 Å². The van der Waals surface area contributed by atoms with Crippen LogP contribution in [-0.2, 0) is 4.79 Å². The van der Waals surface area contributed by atoms with E-state index < -0.39 is 0 Å². The van der Waals surface area contributed by atoms with Crippen LogP contribution in [-0.4, -0.2) is 24.4 Å². The third kappa shape index (κ3) is 1.41. The Morgan fingerprint density at radius 1 is 1.57 bits per heavy atom. The second-order valence-electron chi connectivity index (χ2n) is 3.42. The van der Waals surface area contributed by atoms with Crippen molar-refractivity contribution in [3.05, 3.63) is 30.5 Å². The van der Waals surface area contributed by atoms with E-state index in [0.717, 1.165) is 30.8 Å². The Morgan fingerprint density at radius 3 is 3.00 bits per heavy atom. The van der Waals surface area contributed by atoms with Crippen LogP contribution in [0.1, 0.15) is 5.56 Å². The molecular formula is C11H12N2O. The Kier molecular flexibility index (Phi) is 2.31. The van der Waals surface area contributed by atoms with Gasteiger partial charge in [0.25, 0.3) is 0 Å². The molecule has 0 radical (unpaired) electrons. The molecule has 0 aromatic carbocycles. The monoisotopic (exact) mass is 188 g/mol. The number of carbonyl (C=O) groups is 1. The largest absolute Gasteiger partial charge is 0.355 e. The topological polar surface area (TPSA) is 33.2 Å². The van der Waals surface area contributed by atoms with Crippen molar-refractivity contribution in [3.63, 3.8) is 0 Å². The number of hydrogen-bond acceptors (Lipinski definition) is 3. The summed E-state index contributed by atoms with van der Waals surface area (Å²) in [5.41, 5.74) is 1.02. The molecule has 1 aliphatic heterocycles. The molecule has 1 aliphatic rings. The minimum atomic E-state index is 0.176. The number of hydrogen-bond donors (Lipinski definition) is 0. The van der Waals surface area contributed by atoms with Crippen molar-refractivity contribution in [1.29, 1.82) is 0 Å². The molecule has 1 aromatic rings. The van der Waals surface area contributed by atoms with Crippen LogP contribution < -0.4 is 4.90 Å². The van der Waals surface area contributed by atoms with E-state index in [4.69, 9.17) is 0 Å². The van der Waals surface area contributed by atoms with Crippen molar-refractivity contribution in [3.8, 4) is 0 Å². The maximum Gasteiger partial charge on any atom is 0.135 e. The third-order valence-corrected chi connectivity index (χ3v) is 2.44. The zero-order valence-corrected chi connectivity index (χ0v) is 7.89. The van der Waals surface area contributed by atoms with Crippen LogP contribution in [0.2, 0.25) is 0 Å². The average molecular weight is 188 g/mol. The molecule has 0 spiro atoms. The fourth-order valence-electron chi connectivity index (χ4n) is 1.60. The fraction of sp³-hybridized carbons (Fsp3) is 0.273. The molecule has 14 heavy (non-hydrogen) atoms. The van der Waals surface area contributed by atoms with E-state index in [1.807, 2.05) is 12.1 Å². The molecular weight excluding hydrogens is 176 g/mol. The Bertz CT molecular complexity index is 356. The van der Waals surface area contributed by atoms with Gasteiger partial charge in [-0.3, -0.25) is 0 Å². The molecule has 1 fully saturated rings. The first-order valence-corrected chi connectivity index (χ1v) is 4.63. The fourth-order valence-corrected chi connectivity index (χ4v) is 1.60. The van der Waals surface area contributed by atoms with Gasteiger partial charge in [-0.15, -0.1) is 0 Å². The number of anilines is 1. The van der Waals surface area contributed by atoms with Crippen molar-refractivity contribution < 1.29 is 4.79 Å². The Labute approximate surface area is 83.1 Å². The van der Waals surface area contributed by atoms with Crippen LogP contribution in [0, 0.1) is 5.92 Å². The molecule has 0 bridgehead atoms. The van der Waals surface area contributed by atoms with E-state index in [1.165, 1.54) is 0 Å². The van der Waals surface area contributed by atoms with Crippen LogP contribution >= 0.6 is 0 Å². The summed E-state index contributed by atoms with van der Waals surface area (Å²) in [6.07, 6.45) is 4.56. The first-order chi connectivity index (χ1) is 6.85. The first kappa shape index (κ1) is 8.94. The Hall–Kier alpha value is -1.64. The summed E-state index contributed by atoms with van der Waals surface area (Å²) < 4.78 is 0. The Morgan fingerprint density at radius 2 is 2.36 bits per heavy atom. The minimum Gasteiger partial charge on any atom is -0.355 e. The maximum absolute atomic E-state index is 10.5. The molecule has 0 N–H and O–H groups in total.